The highest BCUT2D eigenvalue weighted by Crippen LogP contribution is 2.22. The lowest BCUT2D eigenvalue weighted by atomic mass is 10.2. The molecule has 0 aromatic carbocycles. The molecule has 122 valence electrons. The number of carbonyl (C=O) groups excluding carboxylic acids is 2. The molecule has 0 radical (unpaired) electrons. The second-order valence-electron chi connectivity index (χ2n) is 6.89. The van der Waals surface area contributed by atoms with E-state index in [-0.39, 0.29) is 12.2 Å². The van der Waals surface area contributed by atoms with Crippen LogP contribution >= 0.6 is 0 Å². The van der Waals surface area contributed by atoms with Crippen molar-refractivity contribution in [1.82, 2.24) is 10.0 Å². The average molecular weight is 309 g/mol. The third kappa shape index (κ3) is 4.95. The summed E-state index contributed by atoms with van der Waals surface area (Å²) in [5.41, 5.74) is -1.40. The van der Waals surface area contributed by atoms with Crippen molar-refractivity contribution in [1.29, 1.82) is 5.26 Å². The van der Waals surface area contributed by atoms with Crippen molar-refractivity contribution in [2.45, 2.75) is 59.2 Å². The molecular formula is C15H23N3O4. The van der Waals surface area contributed by atoms with Gasteiger partial charge >= 0.3 is 12.2 Å². The van der Waals surface area contributed by atoms with Gasteiger partial charge in [0.1, 0.15) is 23.0 Å². The highest BCUT2D eigenvalue weighted by molar-refractivity contribution is 5.77. The molecule has 22 heavy (non-hydrogen) atoms. The number of hydrogen-bond acceptors (Lipinski definition) is 5. The highest BCUT2D eigenvalue weighted by atomic mass is 16.6. The van der Waals surface area contributed by atoms with Crippen LogP contribution in [0, 0.1) is 11.3 Å². The molecule has 0 saturated heterocycles. The number of nitrogens with zero attached hydrogens (tertiary/aromatic N) is 3. The van der Waals surface area contributed by atoms with Crippen LogP contribution in [-0.4, -0.2) is 40.0 Å². The standard InChI is InChI=1S/C15H23N3O4/c1-14(2,3)21-12(19)17-9-7-8-11(10-16)18(17)13(20)22-15(4,5)6/h8H,7,9H2,1-6H3. The summed E-state index contributed by atoms with van der Waals surface area (Å²) in [5.74, 6) is 0. The Kier molecular flexibility index (Phi) is 5.07. The van der Waals surface area contributed by atoms with Gasteiger partial charge in [-0.15, -0.1) is 0 Å². The Labute approximate surface area is 131 Å². The first kappa shape index (κ1) is 17.8. The number of rotatable bonds is 0. The molecule has 1 aliphatic rings. The summed E-state index contributed by atoms with van der Waals surface area (Å²) in [7, 11) is 0. The van der Waals surface area contributed by atoms with Crippen LogP contribution in [0.2, 0.25) is 0 Å². The van der Waals surface area contributed by atoms with Gasteiger partial charge in [-0.05, 0) is 54.0 Å². The predicted octanol–water partition coefficient (Wildman–Crippen LogP) is 3.19. The van der Waals surface area contributed by atoms with Crippen LogP contribution in [0.5, 0.6) is 0 Å². The van der Waals surface area contributed by atoms with E-state index in [4.69, 9.17) is 9.47 Å². The van der Waals surface area contributed by atoms with Crippen LogP contribution in [0.15, 0.2) is 11.8 Å². The number of nitriles is 1. The molecule has 0 aromatic rings. The molecule has 0 bridgehead atoms. The van der Waals surface area contributed by atoms with Crippen LogP contribution in [0.3, 0.4) is 0 Å². The Hall–Kier alpha value is -2.23. The first-order valence-electron chi connectivity index (χ1n) is 7.08. The third-order valence-corrected chi connectivity index (χ3v) is 2.43. The fraction of sp³-hybridized carbons (Fsp3) is 0.667. The SMILES string of the molecule is CC(C)(C)OC(=O)N1CCC=C(C#N)N1C(=O)OC(C)(C)C. The molecule has 2 amide bonds. The Bertz CT molecular complexity index is 520. The van der Waals surface area contributed by atoms with Gasteiger partial charge in [-0.1, -0.05) is 0 Å². The first-order chi connectivity index (χ1) is 9.94. The summed E-state index contributed by atoms with van der Waals surface area (Å²) in [6, 6.07) is 1.91. The minimum atomic E-state index is -0.786. The van der Waals surface area contributed by atoms with Crippen molar-refractivity contribution < 1.29 is 19.1 Å². The molecule has 0 N–H and O–H groups in total. The third-order valence-electron chi connectivity index (χ3n) is 2.43. The van der Waals surface area contributed by atoms with Crippen LogP contribution in [0.4, 0.5) is 9.59 Å². The fourth-order valence-corrected chi connectivity index (χ4v) is 1.72. The van der Waals surface area contributed by atoms with Gasteiger partial charge in [-0.25, -0.2) is 14.6 Å². The topological polar surface area (TPSA) is 82.9 Å². The van der Waals surface area contributed by atoms with E-state index in [0.29, 0.717) is 6.42 Å². The Balaban J connectivity index is 3.05. The van der Waals surface area contributed by atoms with E-state index in [2.05, 4.69) is 0 Å². The van der Waals surface area contributed by atoms with Gasteiger partial charge in [-0.2, -0.15) is 10.3 Å². The lowest BCUT2D eigenvalue weighted by Crippen LogP contribution is -2.53. The number of hydrogen-bond donors (Lipinski definition) is 0. The van der Waals surface area contributed by atoms with Crippen molar-refractivity contribution in [3.63, 3.8) is 0 Å². The molecule has 0 aromatic heterocycles. The van der Waals surface area contributed by atoms with Crippen LogP contribution < -0.4 is 0 Å². The van der Waals surface area contributed by atoms with Gasteiger partial charge in [0.25, 0.3) is 0 Å². The van der Waals surface area contributed by atoms with Crippen molar-refractivity contribution >= 4 is 12.2 Å². The molecule has 0 atom stereocenters. The largest absolute Gasteiger partial charge is 0.442 e. The summed E-state index contributed by atoms with van der Waals surface area (Å²) in [6.07, 6.45) is 0.566. The summed E-state index contributed by atoms with van der Waals surface area (Å²) < 4.78 is 10.5. The smallest absolute Gasteiger partial charge is 0.435 e. The summed E-state index contributed by atoms with van der Waals surface area (Å²) in [6.45, 7) is 10.6. The van der Waals surface area contributed by atoms with Gasteiger partial charge < -0.3 is 9.47 Å². The molecule has 0 fully saturated rings. The van der Waals surface area contributed by atoms with E-state index in [1.54, 1.807) is 47.6 Å². The van der Waals surface area contributed by atoms with Crippen molar-refractivity contribution in [3.8, 4) is 6.07 Å². The first-order valence-corrected chi connectivity index (χ1v) is 7.08. The lowest BCUT2D eigenvalue weighted by molar-refractivity contribution is -0.0502. The van der Waals surface area contributed by atoms with Crippen LogP contribution in [0.25, 0.3) is 0 Å². The maximum Gasteiger partial charge on any atom is 0.435 e. The maximum atomic E-state index is 12.3. The van der Waals surface area contributed by atoms with E-state index < -0.39 is 23.4 Å². The molecule has 7 heteroatoms. The molecule has 0 unspecified atom stereocenters. The van der Waals surface area contributed by atoms with Gasteiger partial charge in [0.05, 0.1) is 6.54 Å². The quantitative estimate of drug-likeness (QED) is 0.686. The molecular weight excluding hydrogens is 286 g/mol. The number of carbonyl (C=O) groups is 2. The number of amides is 2. The molecule has 1 aliphatic heterocycles. The Morgan fingerprint density at radius 2 is 1.59 bits per heavy atom. The fourth-order valence-electron chi connectivity index (χ4n) is 1.72. The molecule has 0 aliphatic carbocycles. The van der Waals surface area contributed by atoms with E-state index in [0.717, 1.165) is 10.0 Å². The summed E-state index contributed by atoms with van der Waals surface area (Å²) >= 11 is 0. The van der Waals surface area contributed by atoms with E-state index in [1.165, 1.54) is 0 Å². The molecule has 0 saturated carbocycles. The van der Waals surface area contributed by atoms with Gasteiger partial charge in [0, 0.05) is 0 Å². The van der Waals surface area contributed by atoms with Crippen molar-refractivity contribution in [3.05, 3.63) is 11.8 Å². The molecule has 0 spiro atoms. The average Bonchev–Trinajstić information content (AvgIpc) is 2.33. The number of allylic oxidation sites excluding steroid dienone is 1. The van der Waals surface area contributed by atoms with Crippen LogP contribution in [0.1, 0.15) is 48.0 Å². The monoisotopic (exact) mass is 309 g/mol. The summed E-state index contributed by atoms with van der Waals surface area (Å²) in [4.78, 5) is 24.6. The second-order valence-corrected chi connectivity index (χ2v) is 6.89. The number of hydrazine groups is 1. The Morgan fingerprint density at radius 3 is 2.05 bits per heavy atom. The molecule has 1 heterocycles. The van der Waals surface area contributed by atoms with Crippen molar-refractivity contribution in [2.24, 2.45) is 0 Å². The van der Waals surface area contributed by atoms with E-state index in [9.17, 15) is 14.9 Å². The maximum absolute atomic E-state index is 12.3. The zero-order chi connectivity index (χ0) is 17.1. The minimum Gasteiger partial charge on any atom is -0.442 e. The van der Waals surface area contributed by atoms with E-state index >= 15 is 0 Å². The molecule has 7 nitrogen and oxygen atoms in total. The van der Waals surface area contributed by atoms with E-state index in [1.807, 2.05) is 6.07 Å². The normalized spacial score (nSPS) is 15.8. The second kappa shape index (κ2) is 6.26. The van der Waals surface area contributed by atoms with Gasteiger partial charge in [0.15, 0.2) is 0 Å². The number of ether oxygens (including phenoxy) is 2. The van der Waals surface area contributed by atoms with Gasteiger partial charge in [0.2, 0.25) is 0 Å². The van der Waals surface area contributed by atoms with Crippen LogP contribution in [-0.2, 0) is 9.47 Å². The zero-order valence-corrected chi connectivity index (χ0v) is 14.0. The minimum absolute atomic E-state index is 0.0476. The van der Waals surface area contributed by atoms with Gasteiger partial charge in [-0.3, -0.25) is 0 Å². The highest BCUT2D eigenvalue weighted by Gasteiger charge is 2.37. The summed E-state index contributed by atoms with van der Waals surface area (Å²) in [5, 5.41) is 11.2. The zero-order valence-electron chi connectivity index (χ0n) is 14.0. The molecule has 1 rings (SSSR count). The predicted molar refractivity (Wildman–Crippen MR) is 79.3 cm³/mol. The Morgan fingerprint density at radius 1 is 1.09 bits per heavy atom. The van der Waals surface area contributed by atoms with Crippen molar-refractivity contribution in [2.75, 3.05) is 6.54 Å². The lowest BCUT2D eigenvalue weighted by Gasteiger charge is -2.37.